The van der Waals surface area contributed by atoms with Gasteiger partial charge in [0.1, 0.15) is 5.00 Å². The van der Waals surface area contributed by atoms with Crippen molar-refractivity contribution in [2.24, 2.45) is 0 Å². The van der Waals surface area contributed by atoms with Gasteiger partial charge in [-0.1, -0.05) is 63.2 Å². The average molecular weight is 491 g/mol. The van der Waals surface area contributed by atoms with Crippen LogP contribution in [0, 0.1) is 6.92 Å². The highest BCUT2D eigenvalue weighted by molar-refractivity contribution is 7.19. The molecule has 3 rings (SSSR count). The van der Waals surface area contributed by atoms with Crippen molar-refractivity contribution in [3.8, 4) is 0 Å². The Balaban J connectivity index is 1.82. The number of ether oxygens (including phenoxy) is 1. The molecule has 0 aliphatic rings. The highest BCUT2D eigenvalue weighted by atomic mass is 32.1. The van der Waals surface area contributed by atoms with E-state index in [1.165, 1.54) is 11.6 Å². The Bertz CT molecular complexity index is 1240. The minimum atomic E-state index is -0.586. The van der Waals surface area contributed by atoms with Gasteiger partial charge in [-0.2, -0.15) is 0 Å². The molecule has 0 saturated carbocycles. The smallest absolute Gasteiger partial charge is 0.341 e. The number of carbonyl (C=O) groups excluding carboxylic acids is 3. The van der Waals surface area contributed by atoms with E-state index in [0.29, 0.717) is 16.1 Å². The van der Waals surface area contributed by atoms with Crippen LogP contribution in [-0.2, 0) is 14.9 Å². The summed E-state index contributed by atoms with van der Waals surface area (Å²) in [6, 6.07) is 17.0. The Labute approximate surface area is 210 Å². The first kappa shape index (κ1) is 25.9. The van der Waals surface area contributed by atoms with Crippen LogP contribution in [-0.4, -0.2) is 24.4 Å². The van der Waals surface area contributed by atoms with Gasteiger partial charge < -0.3 is 15.4 Å². The van der Waals surface area contributed by atoms with E-state index < -0.39 is 11.9 Å². The number of rotatable bonds is 7. The molecule has 35 heavy (non-hydrogen) atoms. The number of nitrogens with one attached hydrogen (secondary N) is 2. The first-order chi connectivity index (χ1) is 16.6. The molecular weight excluding hydrogens is 460 g/mol. The number of amides is 2. The summed E-state index contributed by atoms with van der Waals surface area (Å²) >= 11 is 1.04. The molecule has 0 aliphatic carbocycles. The SMILES string of the molecule is CCOC(=O)c1c(NC(=O)C=Cc2ccc(C(C)(C)C)cc2)sc(C(=O)Nc2ccccc2)c1C. The first-order valence-corrected chi connectivity index (χ1v) is 12.2. The summed E-state index contributed by atoms with van der Waals surface area (Å²) in [5.41, 5.74) is 3.40. The molecule has 3 aromatic rings. The zero-order valence-electron chi connectivity index (χ0n) is 20.6. The number of hydrogen-bond acceptors (Lipinski definition) is 5. The van der Waals surface area contributed by atoms with E-state index in [1.807, 2.05) is 42.5 Å². The largest absolute Gasteiger partial charge is 0.462 e. The van der Waals surface area contributed by atoms with Crippen molar-refractivity contribution in [2.45, 2.75) is 40.0 Å². The number of esters is 1. The standard InChI is InChI=1S/C28H30N2O4S/c1-6-34-27(33)23-18(2)24(25(32)29-21-10-8-7-9-11-21)35-26(23)30-22(31)17-14-19-12-15-20(16-13-19)28(3,4)5/h7-17H,6H2,1-5H3,(H,29,32)(H,30,31). The van der Waals surface area contributed by atoms with Crippen LogP contribution in [0.1, 0.15) is 64.4 Å². The van der Waals surface area contributed by atoms with Crippen LogP contribution in [0.3, 0.4) is 0 Å². The quantitative estimate of drug-likeness (QED) is 0.295. The normalized spacial score (nSPS) is 11.3. The van der Waals surface area contributed by atoms with Crippen LogP contribution in [0.4, 0.5) is 10.7 Å². The van der Waals surface area contributed by atoms with Crippen LogP contribution in [0.2, 0.25) is 0 Å². The summed E-state index contributed by atoms with van der Waals surface area (Å²) < 4.78 is 5.18. The summed E-state index contributed by atoms with van der Waals surface area (Å²) in [5.74, 6) is -1.36. The molecule has 0 aliphatic heterocycles. The maximum absolute atomic E-state index is 12.9. The Morgan fingerprint density at radius 3 is 2.23 bits per heavy atom. The third-order valence-electron chi connectivity index (χ3n) is 5.30. The molecule has 6 nitrogen and oxygen atoms in total. The molecule has 0 fully saturated rings. The lowest BCUT2D eigenvalue weighted by molar-refractivity contribution is -0.111. The minimum Gasteiger partial charge on any atom is -0.462 e. The van der Waals surface area contributed by atoms with E-state index >= 15 is 0 Å². The van der Waals surface area contributed by atoms with Crippen LogP contribution >= 0.6 is 11.3 Å². The number of para-hydroxylation sites is 1. The molecule has 7 heteroatoms. The number of hydrogen-bond donors (Lipinski definition) is 2. The zero-order valence-corrected chi connectivity index (χ0v) is 21.4. The third kappa shape index (κ3) is 6.67. The summed E-state index contributed by atoms with van der Waals surface area (Å²) in [6.07, 6.45) is 3.11. The van der Waals surface area contributed by atoms with Gasteiger partial charge in [-0.05, 0) is 54.2 Å². The van der Waals surface area contributed by atoms with Crippen molar-refractivity contribution in [3.63, 3.8) is 0 Å². The van der Waals surface area contributed by atoms with Crippen LogP contribution in [0.5, 0.6) is 0 Å². The molecule has 2 N–H and O–H groups in total. The van der Waals surface area contributed by atoms with Gasteiger partial charge in [0, 0.05) is 11.8 Å². The van der Waals surface area contributed by atoms with Gasteiger partial charge in [0.05, 0.1) is 17.0 Å². The molecule has 0 atom stereocenters. The molecule has 1 heterocycles. The predicted octanol–water partition coefficient (Wildman–Crippen LogP) is 6.43. The summed E-state index contributed by atoms with van der Waals surface area (Å²) in [7, 11) is 0. The lowest BCUT2D eigenvalue weighted by Crippen LogP contribution is -2.13. The average Bonchev–Trinajstić information content (AvgIpc) is 3.14. The maximum Gasteiger partial charge on any atom is 0.341 e. The molecule has 182 valence electrons. The van der Waals surface area contributed by atoms with Crippen LogP contribution < -0.4 is 10.6 Å². The Kier molecular flexibility index (Phi) is 8.25. The Morgan fingerprint density at radius 2 is 1.63 bits per heavy atom. The molecule has 0 radical (unpaired) electrons. The van der Waals surface area contributed by atoms with Crippen LogP contribution in [0.15, 0.2) is 60.7 Å². The lowest BCUT2D eigenvalue weighted by Gasteiger charge is -2.18. The molecule has 0 saturated heterocycles. The number of anilines is 2. The van der Waals surface area contributed by atoms with Crippen molar-refractivity contribution in [2.75, 3.05) is 17.2 Å². The van der Waals surface area contributed by atoms with Gasteiger partial charge in [0.25, 0.3) is 5.91 Å². The summed E-state index contributed by atoms with van der Waals surface area (Å²) in [4.78, 5) is 38.5. The zero-order chi connectivity index (χ0) is 25.6. The van der Waals surface area contributed by atoms with E-state index in [0.717, 1.165) is 16.9 Å². The van der Waals surface area contributed by atoms with E-state index in [2.05, 4.69) is 31.4 Å². The fraction of sp³-hybridized carbons (Fsp3) is 0.250. The second-order valence-electron chi connectivity index (χ2n) is 9.00. The molecule has 0 bridgehead atoms. The van der Waals surface area contributed by atoms with Crippen molar-refractivity contribution in [3.05, 3.63) is 87.8 Å². The van der Waals surface area contributed by atoms with Crippen molar-refractivity contribution in [1.82, 2.24) is 0 Å². The van der Waals surface area contributed by atoms with Crippen molar-refractivity contribution in [1.29, 1.82) is 0 Å². The van der Waals surface area contributed by atoms with Crippen molar-refractivity contribution < 1.29 is 19.1 Å². The number of thiophene rings is 1. The maximum atomic E-state index is 12.9. The fourth-order valence-electron chi connectivity index (χ4n) is 3.40. The van der Waals surface area contributed by atoms with Gasteiger partial charge in [-0.25, -0.2) is 4.79 Å². The molecule has 2 amide bonds. The van der Waals surface area contributed by atoms with Crippen molar-refractivity contribution >= 4 is 45.9 Å². The number of carbonyl (C=O) groups is 3. The topological polar surface area (TPSA) is 84.5 Å². The molecular formula is C28H30N2O4S. The Hall–Kier alpha value is -3.71. The Morgan fingerprint density at radius 1 is 0.971 bits per heavy atom. The van der Waals surface area contributed by atoms with E-state index in [-0.39, 0.29) is 28.5 Å². The lowest BCUT2D eigenvalue weighted by atomic mass is 9.87. The van der Waals surface area contributed by atoms with Gasteiger partial charge in [0.2, 0.25) is 5.91 Å². The summed E-state index contributed by atoms with van der Waals surface area (Å²) in [6.45, 7) is 9.98. The second kappa shape index (κ2) is 11.1. The monoisotopic (exact) mass is 490 g/mol. The van der Waals surface area contributed by atoms with Crippen LogP contribution in [0.25, 0.3) is 6.08 Å². The highest BCUT2D eigenvalue weighted by Gasteiger charge is 2.26. The highest BCUT2D eigenvalue weighted by Crippen LogP contribution is 2.34. The predicted molar refractivity (Wildman–Crippen MR) is 142 cm³/mol. The van der Waals surface area contributed by atoms with Gasteiger partial charge in [-0.3, -0.25) is 9.59 Å². The van der Waals surface area contributed by atoms with Gasteiger partial charge in [-0.15, -0.1) is 11.3 Å². The second-order valence-corrected chi connectivity index (χ2v) is 10.0. The molecule has 2 aromatic carbocycles. The molecule has 1 aromatic heterocycles. The fourth-order valence-corrected chi connectivity index (χ4v) is 4.49. The van der Waals surface area contributed by atoms with E-state index in [1.54, 1.807) is 32.1 Å². The minimum absolute atomic E-state index is 0.0463. The molecule has 0 spiro atoms. The number of benzene rings is 2. The van der Waals surface area contributed by atoms with E-state index in [9.17, 15) is 14.4 Å². The first-order valence-electron chi connectivity index (χ1n) is 11.4. The molecule has 0 unspecified atom stereocenters. The van der Waals surface area contributed by atoms with E-state index in [4.69, 9.17) is 4.74 Å². The third-order valence-corrected chi connectivity index (χ3v) is 6.51. The van der Waals surface area contributed by atoms with Gasteiger partial charge >= 0.3 is 5.97 Å². The summed E-state index contributed by atoms with van der Waals surface area (Å²) in [5, 5.41) is 5.84. The van der Waals surface area contributed by atoms with Gasteiger partial charge in [0.15, 0.2) is 0 Å².